The SMILES string of the molecule is CC(=O)c1ccc(S(=O)(=O)NCC(c2cccs2)N2CCC(C)CC2)cc1. The number of hydrogen-bond donors (Lipinski definition) is 1. The summed E-state index contributed by atoms with van der Waals surface area (Å²) in [6.45, 7) is 6.04. The standard InChI is InChI=1S/C20H26N2O3S2/c1-15-9-11-22(12-10-15)19(20-4-3-13-26-20)14-21-27(24,25)18-7-5-17(6-8-18)16(2)23/h3-8,13,15,19,21H,9-12,14H2,1-2H3. The van der Waals surface area contributed by atoms with Crippen LogP contribution in [-0.2, 0) is 10.0 Å². The highest BCUT2D eigenvalue weighted by Gasteiger charge is 2.27. The third-order valence-corrected chi connectivity index (χ3v) is 7.58. The van der Waals surface area contributed by atoms with Crippen LogP contribution >= 0.6 is 11.3 Å². The highest BCUT2D eigenvalue weighted by Crippen LogP contribution is 2.29. The Hall–Kier alpha value is -1.54. The number of sulfonamides is 1. The number of carbonyl (C=O) groups excluding carboxylic acids is 1. The Labute approximate surface area is 165 Å². The summed E-state index contributed by atoms with van der Waals surface area (Å²) in [5, 5.41) is 2.03. The van der Waals surface area contributed by atoms with Crippen molar-refractivity contribution in [2.75, 3.05) is 19.6 Å². The summed E-state index contributed by atoms with van der Waals surface area (Å²) in [4.78, 5) is 15.1. The van der Waals surface area contributed by atoms with E-state index < -0.39 is 10.0 Å². The average molecular weight is 407 g/mol. The minimum absolute atomic E-state index is 0.0452. The van der Waals surface area contributed by atoms with Crippen LogP contribution in [0, 0.1) is 5.92 Å². The number of rotatable bonds is 7. The first kappa shape index (κ1) is 20.2. The van der Waals surface area contributed by atoms with Crippen LogP contribution in [-0.4, -0.2) is 38.7 Å². The zero-order chi connectivity index (χ0) is 19.4. The Bertz CT molecular complexity index is 853. The van der Waals surface area contributed by atoms with Crippen LogP contribution in [0.2, 0.25) is 0 Å². The van der Waals surface area contributed by atoms with Crippen molar-refractivity contribution >= 4 is 27.1 Å². The van der Waals surface area contributed by atoms with Gasteiger partial charge in [0, 0.05) is 17.0 Å². The highest BCUT2D eigenvalue weighted by atomic mass is 32.2. The van der Waals surface area contributed by atoms with E-state index in [1.165, 1.54) is 23.9 Å². The van der Waals surface area contributed by atoms with Crippen molar-refractivity contribution in [3.05, 3.63) is 52.2 Å². The Morgan fingerprint density at radius 3 is 2.44 bits per heavy atom. The van der Waals surface area contributed by atoms with Crippen LogP contribution in [0.5, 0.6) is 0 Å². The quantitative estimate of drug-likeness (QED) is 0.712. The van der Waals surface area contributed by atoms with Gasteiger partial charge in [0.25, 0.3) is 0 Å². The molecule has 27 heavy (non-hydrogen) atoms. The molecule has 5 nitrogen and oxygen atoms in total. The maximum atomic E-state index is 12.7. The Kier molecular flexibility index (Phi) is 6.47. The summed E-state index contributed by atoms with van der Waals surface area (Å²) in [5.74, 6) is 0.644. The number of piperidine rings is 1. The van der Waals surface area contributed by atoms with Crippen molar-refractivity contribution in [2.24, 2.45) is 5.92 Å². The molecule has 0 aliphatic carbocycles. The van der Waals surface area contributed by atoms with Crippen LogP contribution < -0.4 is 4.72 Å². The lowest BCUT2D eigenvalue weighted by Crippen LogP contribution is -2.41. The van der Waals surface area contributed by atoms with Gasteiger partial charge in [0.15, 0.2) is 5.78 Å². The van der Waals surface area contributed by atoms with Crippen LogP contribution in [0.1, 0.15) is 48.0 Å². The van der Waals surface area contributed by atoms with Gasteiger partial charge in [0.2, 0.25) is 10.0 Å². The number of Topliss-reactive ketones (excluding diaryl/α,β-unsaturated/α-hetero) is 1. The fourth-order valence-corrected chi connectivity index (χ4v) is 5.27. The second kappa shape index (κ2) is 8.65. The summed E-state index contributed by atoms with van der Waals surface area (Å²) < 4.78 is 28.2. The van der Waals surface area contributed by atoms with Crippen molar-refractivity contribution in [2.45, 2.75) is 37.6 Å². The van der Waals surface area contributed by atoms with E-state index >= 15 is 0 Å². The normalized spacial score (nSPS) is 17.7. The number of hydrogen-bond acceptors (Lipinski definition) is 5. The summed E-state index contributed by atoms with van der Waals surface area (Å²) in [6.07, 6.45) is 2.28. The van der Waals surface area contributed by atoms with Gasteiger partial charge in [-0.3, -0.25) is 9.69 Å². The molecule has 2 aromatic rings. The molecule has 1 unspecified atom stereocenters. The number of nitrogens with zero attached hydrogens (tertiary/aromatic N) is 1. The summed E-state index contributed by atoms with van der Waals surface area (Å²) in [5.41, 5.74) is 0.507. The maximum Gasteiger partial charge on any atom is 0.240 e. The van der Waals surface area contributed by atoms with E-state index in [0.717, 1.165) is 31.8 Å². The summed E-state index contributed by atoms with van der Waals surface area (Å²) >= 11 is 1.66. The first-order valence-corrected chi connectivity index (χ1v) is 11.6. The average Bonchev–Trinajstić information content (AvgIpc) is 3.18. The molecule has 0 spiro atoms. The second-order valence-corrected chi connectivity index (χ2v) is 9.93. The summed E-state index contributed by atoms with van der Waals surface area (Å²) in [7, 11) is -3.62. The minimum Gasteiger partial charge on any atom is -0.295 e. The van der Waals surface area contributed by atoms with Gasteiger partial charge in [0.05, 0.1) is 10.9 Å². The zero-order valence-corrected chi connectivity index (χ0v) is 17.4. The third-order valence-electron chi connectivity index (χ3n) is 5.17. The lowest BCUT2D eigenvalue weighted by Gasteiger charge is -2.36. The lowest BCUT2D eigenvalue weighted by atomic mass is 9.97. The topological polar surface area (TPSA) is 66.5 Å². The molecule has 1 N–H and O–H groups in total. The smallest absolute Gasteiger partial charge is 0.240 e. The fraction of sp³-hybridized carbons (Fsp3) is 0.450. The molecule has 0 saturated carbocycles. The molecular weight excluding hydrogens is 380 g/mol. The van der Waals surface area contributed by atoms with Crippen LogP contribution in [0.4, 0.5) is 0 Å². The Morgan fingerprint density at radius 2 is 1.89 bits per heavy atom. The van der Waals surface area contributed by atoms with Crippen molar-refractivity contribution in [1.82, 2.24) is 9.62 Å². The predicted octanol–water partition coefficient (Wildman–Crippen LogP) is 3.70. The number of nitrogens with one attached hydrogen (secondary N) is 1. The predicted molar refractivity (Wildman–Crippen MR) is 109 cm³/mol. The van der Waals surface area contributed by atoms with Gasteiger partial charge in [-0.25, -0.2) is 13.1 Å². The molecule has 1 aliphatic heterocycles. The van der Waals surface area contributed by atoms with Crippen LogP contribution in [0.15, 0.2) is 46.7 Å². The van der Waals surface area contributed by atoms with E-state index in [1.54, 1.807) is 23.5 Å². The lowest BCUT2D eigenvalue weighted by molar-refractivity contribution is 0.101. The molecular formula is C20H26N2O3S2. The van der Waals surface area contributed by atoms with Crippen LogP contribution in [0.3, 0.4) is 0 Å². The monoisotopic (exact) mass is 406 g/mol. The van der Waals surface area contributed by atoms with Gasteiger partial charge in [-0.1, -0.05) is 25.1 Å². The largest absolute Gasteiger partial charge is 0.295 e. The molecule has 146 valence electrons. The van der Waals surface area contributed by atoms with E-state index in [1.807, 2.05) is 11.4 Å². The van der Waals surface area contributed by atoms with Crippen molar-refractivity contribution in [1.29, 1.82) is 0 Å². The van der Waals surface area contributed by atoms with Gasteiger partial charge >= 0.3 is 0 Å². The van der Waals surface area contributed by atoms with E-state index in [-0.39, 0.29) is 16.7 Å². The molecule has 3 rings (SSSR count). The fourth-order valence-electron chi connectivity index (χ4n) is 3.37. The van der Waals surface area contributed by atoms with Gasteiger partial charge in [-0.05, 0) is 62.4 Å². The maximum absolute atomic E-state index is 12.7. The number of thiophene rings is 1. The molecule has 1 aromatic carbocycles. The van der Waals surface area contributed by atoms with Gasteiger partial charge in [0.1, 0.15) is 0 Å². The minimum atomic E-state index is -3.62. The molecule has 1 saturated heterocycles. The molecule has 1 aliphatic rings. The third kappa shape index (κ3) is 5.04. The number of ketones is 1. The number of benzene rings is 1. The molecule has 0 bridgehead atoms. The van der Waals surface area contributed by atoms with Crippen molar-refractivity contribution in [3.8, 4) is 0 Å². The van der Waals surface area contributed by atoms with Gasteiger partial charge in [-0.15, -0.1) is 11.3 Å². The van der Waals surface area contributed by atoms with Crippen LogP contribution in [0.25, 0.3) is 0 Å². The highest BCUT2D eigenvalue weighted by molar-refractivity contribution is 7.89. The molecule has 1 aromatic heterocycles. The van der Waals surface area contributed by atoms with Gasteiger partial charge in [-0.2, -0.15) is 0 Å². The van der Waals surface area contributed by atoms with Gasteiger partial charge < -0.3 is 0 Å². The molecule has 1 fully saturated rings. The first-order chi connectivity index (χ1) is 12.9. The molecule has 1 atom stereocenters. The number of likely N-dealkylation sites (tertiary alicyclic amines) is 1. The van der Waals surface area contributed by atoms with E-state index in [9.17, 15) is 13.2 Å². The van der Waals surface area contributed by atoms with E-state index in [4.69, 9.17) is 0 Å². The molecule has 7 heteroatoms. The first-order valence-electron chi connectivity index (χ1n) is 9.25. The molecule has 2 heterocycles. The second-order valence-electron chi connectivity index (χ2n) is 7.18. The molecule has 0 radical (unpaired) electrons. The Morgan fingerprint density at radius 1 is 1.22 bits per heavy atom. The van der Waals surface area contributed by atoms with Crippen molar-refractivity contribution < 1.29 is 13.2 Å². The Balaban J connectivity index is 1.73. The van der Waals surface area contributed by atoms with Crippen molar-refractivity contribution in [3.63, 3.8) is 0 Å². The zero-order valence-electron chi connectivity index (χ0n) is 15.7. The van der Waals surface area contributed by atoms with E-state index in [0.29, 0.717) is 12.1 Å². The molecule has 0 amide bonds. The van der Waals surface area contributed by atoms with E-state index in [2.05, 4.69) is 22.6 Å². The number of carbonyl (C=O) groups is 1. The summed E-state index contributed by atoms with van der Waals surface area (Å²) in [6, 6.07) is 10.2.